The molecule has 134 valence electrons. The van der Waals surface area contributed by atoms with Crippen molar-refractivity contribution >= 4 is 44.2 Å². The van der Waals surface area contributed by atoms with Crippen molar-refractivity contribution in [2.45, 2.75) is 24.6 Å². The molecule has 1 aliphatic rings. The number of para-hydroxylation sites is 1. The van der Waals surface area contributed by atoms with Gasteiger partial charge >= 0.3 is 0 Å². The Morgan fingerprint density at radius 2 is 1.92 bits per heavy atom. The van der Waals surface area contributed by atoms with Gasteiger partial charge in [-0.15, -0.1) is 0 Å². The molecule has 1 atom stereocenters. The number of fused-ring (bicyclic) bond motifs is 1. The Kier molecular flexibility index (Phi) is 5.83. The van der Waals surface area contributed by atoms with Gasteiger partial charge in [0.25, 0.3) is 0 Å². The summed E-state index contributed by atoms with van der Waals surface area (Å²) in [5.74, 6) is 2.26. The summed E-state index contributed by atoms with van der Waals surface area (Å²) in [7, 11) is 0. The predicted molar refractivity (Wildman–Crippen MR) is 118 cm³/mol. The van der Waals surface area contributed by atoms with Gasteiger partial charge in [0.05, 0.1) is 0 Å². The minimum absolute atomic E-state index is 0.578. The van der Waals surface area contributed by atoms with E-state index in [2.05, 4.69) is 87.0 Å². The molecular formula is C22H23BrN2S. The molecule has 3 aromatic rings. The third kappa shape index (κ3) is 4.25. The molecule has 2 aromatic carbocycles. The van der Waals surface area contributed by atoms with Crippen LogP contribution < -0.4 is 5.32 Å². The molecule has 0 radical (unpaired) electrons. The second-order valence-electron chi connectivity index (χ2n) is 6.75. The Hall–Kier alpha value is -1.49. The Bertz CT molecular complexity index is 898. The molecule has 4 rings (SSSR count). The Balaban J connectivity index is 1.27. The minimum Gasteiger partial charge on any atom is -0.361 e. The lowest BCUT2D eigenvalue weighted by atomic mass is 9.94. The highest BCUT2D eigenvalue weighted by Crippen LogP contribution is 2.27. The van der Waals surface area contributed by atoms with E-state index in [9.17, 15) is 0 Å². The Labute approximate surface area is 167 Å². The van der Waals surface area contributed by atoms with Crippen LogP contribution in [0, 0.1) is 0 Å². The number of rotatable bonds is 6. The first-order valence-electron chi connectivity index (χ1n) is 9.11. The highest BCUT2D eigenvalue weighted by atomic mass is 79.9. The summed E-state index contributed by atoms with van der Waals surface area (Å²) in [4.78, 5) is 3.37. The lowest BCUT2D eigenvalue weighted by Gasteiger charge is -2.24. The summed E-state index contributed by atoms with van der Waals surface area (Å²) in [6.07, 6.45) is 6.82. The van der Waals surface area contributed by atoms with Crippen LogP contribution in [0.5, 0.6) is 0 Å². The first-order valence-corrected chi connectivity index (χ1v) is 11.1. The number of thioether (sulfide) groups is 1. The lowest BCUT2D eigenvalue weighted by Crippen LogP contribution is -2.33. The summed E-state index contributed by atoms with van der Waals surface area (Å²) in [5, 5.41) is 5.01. The smallest absolute Gasteiger partial charge is 0.0457 e. The van der Waals surface area contributed by atoms with E-state index in [0.717, 1.165) is 23.2 Å². The van der Waals surface area contributed by atoms with Crippen LogP contribution in [0.15, 0.2) is 65.3 Å². The van der Waals surface area contributed by atoms with E-state index in [1.807, 2.05) is 11.8 Å². The maximum atomic E-state index is 3.65. The second-order valence-corrected chi connectivity index (χ2v) is 8.77. The Morgan fingerprint density at radius 3 is 2.81 bits per heavy atom. The molecule has 2 heterocycles. The summed E-state index contributed by atoms with van der Waals surface area (Å²) < 4.78 is 1.14. The van der Waals surface area contributed by atoms with Crippen molar-refractivity contribution in [2.24, 2.45) is 0 Å². The van der Waals surface area contributed by atoms with Crippen molar-refractivity contribution in [3.63, 3.8) is 0 Å². The monoisotopic (exact) mass is 426 g/mol. The van der Waals surface area contributed by atoms with Crippen LogP contribution in [0.3, 0.4) is 0 Å². The van der Waals surface area contributed by atoms with E-state index in [0.29, 0.717) is 6.04 Å². The van der Waals surface area contributed by atoms with Crippen LogP contribution in [-0.2, 0) is 5.75 Å². The largest absolute Gasteiger partial charge is 0.361 e. The van der Waals surface area contributed by atoms with Crippen molar-refractivity contribution in [3.05, 3.63) is 76.4 Å². The van der Waals surface area contributed by atoms with Gasteiger partial charge in [0.2, 0.25) is 0 Å². The zero-order valence-corrected chi connectivity index (χ0v) is 17.1. The second kappa shape index (κ2) is 8.47. The van der Waals surface area contributed by atoms with Crippen molar-refractivity contribution < 1.29 is 0 Å². The molecule has 0 saturated heterocycles. The molecule has 0 saturated carbocycles. The number of hydrogen-bond acceptors (Lipinski definition) is 2. The maximum absolute atomic E-state index is 3.65. The van der Waals surface area contributed by atoms with E-state index in [1.54, 1.807) is 0 Å². The summed E-state index contributed by atoms with van der Waals surface area (Å²) in [5.41, 5.74) is 5.48. The van der Waals surface area contributed by atoms with Gasteiger partial charge in [-0.3, -0.25) is 0 Å². The molecule has 0 aliphatic carbocycles. The van der Waals surface area contributed by atoms with Crippen LogP contribution in [0.2, 0.25) is 0 Å². The third-order valence-corrected chi connectivity index (χ3v) is 6.55. The van der Waals surface area contributed by atoms with E-state index in [4.69, 9.17) is 0 Å². The topological polar surface area (TPSA) is 27.8 Å². The van der Waals surface area contributed by atoms with Crippen molar-refractivity contribution in [3.8, 4) is 0 Å². The van der Waals surface area contributed by atoms with E-state index < -0.39 is 0 Å². The van der Waals surface area contributed by atoms with Crippen molar-refractivity contribution in [1.82, 2.24) is 10.3 Å². The molecule has 1 unspecified atom stereocenters. The quantitative estimate of drug-likeness (QED) is 0.473. The Morgan fingerprint density at radius 1 is 1.08 bits per heavy atom. The molecular weight excluding hydrogens is 404 g/mol. The molecule has 2 nitrogen and oxygen atoms in total. The van der Waals surface area contributed by atoms with Crippen LogP contribution in [0.4, 0.5) is 0 Å². The fraction of sp³-hybridized carbons (Fsp3) is 0.273. The molecule has 4 heteroatoms. The van der Waals surface area contributed by atoms with Gasteiger partial charge in [0.1, 0.15) is 0 Å². The number of aromatic nitrogens is 1. The fourth-order valence-corrected chi connectivity index (χ4v) is 4.85. The summed E-state index contributed by atoms with van der Waals surface area (Å²) in [6, 6.07) is 17.8. The number of benzene rings is 2. The molecule has 1 aromatic heterocycles. The van der Waals surface area contributed by atoms with E-state index in [-0.39, 0.29) is 0 Å². The number of aromatic amines is 1. The van der Waals surface area contributed by atoms with Crippen LogP contribution in [-0.4, -0.2) is 23.3 Å². The number of H-pyrrole nitrogens is 1. The zero-order chi connectivity index (χ0) is 17.8. The minimum atomic E-state index is 0.578. The van der Waals surface area contributed by atoms with Crippen molar-refractivity contribution in [1.29, 1.82) is 0 Å². The van der Waals surface area contributed by atoms with Crippen LogP contribution in [0.1, 0.15) is 24.0 Å². The van der Waals surface area contributed by atoms with Crippen molar-refractivity contribution in [2.75, 3.05) is 12.3 Å². The molecule has 0 amide bonds. The van der Waals surface area contributed by atoms with Gasteiger partial charge in [0, 0.05) is 39.9 Å². The molecule has 0 bridgehead atoms. The van der Waals surface area contributed by atoms with Gasteiger partial charge in [-0.25, -0.2) is 0 Å². The number of halogens is 1. The standard InChI is InChI=1S/C22H23BrN2S/c23-19-7-5-16(6-8-19)17-9-11-24-20(13-17)10-12-26-15-18-14-25-22-4-2-1-3-21(18)22/h1-9,14,20,24-25H,10-13,15H2. The molecule has 0 spiro atoms. The first kappa shape index (κ1) is 17.9. The highest BCUT2D eigenvalue weighted by molar-refractivity contribution is 9.10. The van der Waals surface area contributed by atoms with Gasteiger partial charge in [-0.1, -0.05) is 52.3 Å². The first-order chi connectivity index (χ1) is 12.8. The molecule has 0 fully saturated rings. The average molecular weight is 427 g/mol. The van der Waals surface area contributed by atoms with Gasteiger partial charge in [-0.2, -0.15) is 11.8 Å². The van der Waals surface area contributed by atoms with Gasteiger partial charge < -0.3 is 10.3 Å². The normalized spacial score (nSPS) is 17.4. The van der Waals surface area contributed by atoms with Gasteiger partial charge in [0.15, 0.2) is 0 Å². The number of hydrogen-bond donors (Lipinski definition) is 2. The maximum Gasteiger partial charge on any atom is 0.0457 e. The molecule has 1 aliphatic heterocycles. The lowest BCUT2D eigenvalue weighted by molar-refractivity contribution is 0.525. The SMILES string of the molecule is Brc1ccc(C2=CCNC(CCSCc3c[nH]c4ccccc34)C2)cc1. The van der Waals surface area contributed by atoms with Gasteiger partial charge in [-0.05, 0) is 53.5 Å². The van der Waals surface area contributed by atoms with E-state index in [1.165, 1.54) is 39.8 Å². The van der Waals surface area contributed by atoms with Crippen LogP contribution >= 0.6 is 27.7 Å². The highest BCUT2D eigenvalue weighted by Gasteiger charge is 2.16. The van der Waals surface area contributed by atoms with E-state index >= 15 is 0 Å². The zero-order valence-electron chi connectivity index (χ0n) is 14.7. The predicted octanol–water partition coefficient (Wildman–Crippen LogP) is 6.00. The molecule has 2 N–H and O–H groups in total. The van der Waals surface area contributed by atoms with Crippen LogP contribution in [0.25, 0.3) is 16.5 Å². The summed E-state index contributed by atoms with van der Waals surface area (Å²) in [6.45, 7) is 0.975. The average Bonchev–Trinajstić information content (AvgIpc) is 3.09. The fourth-order valence-electron chi connectivity index (χ4n) is 3.53. The summed E-state index contributed by atoms with van der Waals surface area (Å²) >= 11 is 5.55. The third-order valence-electron chi connectivity index (χ3n) is 4.98. The molecule has 26 heavy (non-hydrogen) atoms. The number of nitrogens with one attached hydrogen (secondary N) is 2.